The summed E-state index contributed by atoms with van der Waals surface area (Å²) in [4.78, 5) is 24.9. The number of nitrogens with one attached hydrogen (secondary N) is 1. The van der Waals surface area contributed by atoms with Crippen molar-refractivity contribution in [3.05, 3.63) is 83.9 Å². The van der Waals surface area contributed by atoms with Crippen molar-refractivity contribution in [2.45, 2.75) is 45.8 Å². The third kappa shape index (κ3) is 5.96. The maximum Gasteiger partial charge on any atom is 0.229 e. The van der Waals surface area contributed by atoms with Gasteiger partial charge in [0, 0.05) is 25.7 Å². The van der Waals surface area contributed by atoms with Crippen molar-refractivity contribution in [3.8, 4) is 17.4 Å². The van der Waals surface area contributed by atoms with Crippen molar-refractivity contribution in [2.75, 3.05) is 25.1 Å². The quantitative estimate of drug-likeness (QED) is 0.298. The third-order valence-corrected chi connectivity index (χ3v) is 7.48. The number of carbonyl (C=O) groups excluding carboxylic acids is 1. The molecule has 0 aliphatic carbocycles. The number of hydrogen-bond donors (Lipinski definition) is 2. The van der Waals surface area contributed by atoms with Gasteiger partial charge in [-0.2, -0.15) is 4.98 Å². The second-order valence-electron chi connectivity index (χ2n) is 10.6. The predicted molar refractivity (Wildman–Crippen MR) is 156 cm³/mol. The second-order valence-corrected chi connectivity index (χ2v) is 10.6. The summed E-state index contributed by atoms with van der Waals surface area (Å²) in [6.45, 7) is 5.52. The van der Waals surface area contributed by atoms with Gasteiger partial charge < -0.3 is 24.8 Å². The maximum atomic E-state index is 13.7. The molecule has 4 aromatic rings. The maximum absolute atomic E-state index is 13.7. The Hall–Kier alpha value is -4.33. The lowest BCUT2D eigenvalue weighted by Gasteiger charge is -2.41. The number of amides is 1. The molecular formula is C32H36N4O4. The molecule has 2 N–H and O–H groups in total. The van der Waals surface area contributed by atoms with Crippen LogP contribution in [0.2, 0.25) is 0 Å². The van der Waals surface area contributed by atoms with E-state index < -0.39 is 5.41 Å². The Kier molecular flexibility index (Phi) is 8.05. The summed E-state index contributed by atoms with van der Waals surface area (Å²) in [6.07, 6.45) is 1.87. The fourth-order valence-electron chi connectivity index (χ4n) is 5.33. The molecule has 1 aromatic heterocycles. The molecule has 0 saturated carbocycles. The smallest absolute Gasteiger partial charge is 0.229 e. The summed E-state index contributed by atoms with van der Waals surface area (Å²) >= 11 is 0. The van der Waals surface area contributed by atoms with E-state index in [0.29, 0.717) is 67.2 Å². The van der Waals surface area contributed by atoms with Gasteiger partial charge >= 0.3 is 0 Å². The highest BCUT2D eigenvalue weighted by Gasteiger charge is 2.42. The highest BCUT2D eigenvalue weighted by atomic mass is 16.5. The topological polar surface area (TPSA) is 96.8 Å². The Balaban J connectivity index is 1.38. The Bertz CT molecular complexity index is 1450. The third-order valence-electron chi connectivity index (χ3n) is 7.48. The van der Waals surface area contributed by atoms with Crippen LogP contribution >= 0.6 is 0 Å². The standard InChI is InChI=1S/C32H36N4O4/c1-22(2)40-28-18-25-26(19-27(28)39-3)34-31(35-29(25)37)36-16-14-32(15-17-36,20-23-10-6-4-7-11-23)30(38)33-21-24-12-8-5-9-13-24/h4-13,18-19,22H,14-17,20-21H2,1-3H3,(H,33,38)(H,34,35,37). The molecule has 1 aliphatic heterocycles. The van der Waals surface area contributed by atoms with Gasteiger partial charge in [-0.05, 0) is 50.3 Å². The van der Waals surface area contributed by atoms with E-state index in [1.807, 2.05) is 67.3 Å². The summed E-state index contributed by atoms with van der Waals surface area (Å²) < 4.78 is 11.4. The number of anilines is 1. The van der Waals surface area contributed by atoms with E-state index >= 15 is 0 Å². The van der Waals surface area contributed by atoms with Gasteiger partial charge in [0.2, 0.25) is 17.7 Å². The summed E-state index contributed by atoms with van der Waals surface area (Å²) in [5.74, 6) is 1.45. The molecule has 1 aliphatic rings. The van der Waals surface area contributed by atoms with E-state index in [1.54, 1.807) is 19.2 Å². The summed E-state index contributed by atoms with van der Waals surface area (Å²) in [5, 5.41) is 14.5. The van der Waals surface area contributed by atoms with Crippen molar-refractivity contribution in [2.24, 2.45) is 5.41 Å². The minimum atomic E-state index is -0.558. The molecule has 1 amide bonds. The van der Waals surface area contributed by atoms with Crippen molar-refractivity contribution in [1.82, 2.24) is 15.3 Å². The molecule has 208 valence electrons. The first-order valence-corrected chi connectivity index (χ1v) is 13.7. The molecule has 0 spiro atoms. The average Bonchev–Trinajstić information content (AvgIpc) is 2.97. The molecular weight excluding hydrogens is 504 g/mol. The van der Waals surface area contributed by atoms with Crippen molar-refractivity contribution < 1.29 is 19.4 Å². The number of fused-ring (bicyclic) bond motifs is 1. The first-order chi connectivity index (χ1) is 19.4. The largest absolute Gasteiger partial charge is 0.493 e. The van der Waals surface area contributed by atoms with Crippen LogP contribution in [-0.4, -0.2) is 47.3 Å². The molecule has 2 heterocycles. The number of methoxy groups -OCH3 is 1. The fourth-order valence-corrected chi connectivity index (χ4v) is 5.33. The van der Waals surface area contributed by atoms with Gasteiger partial charge in [-0.1, -0.05) is 60.7 Å². The van der Waals surface area contributed by atoms with Crippen LogP contribution in [0.4, 0.5) is 5.95 Å². The fraction of sp³-hybridized carbons (Fsp3) is 0.344. The van der Waals surface area contributed by atoms with E-state index in [-0.39, 0.29) is 17.9 Å². The van der Waals surface area contributed by atoms with Crippen LogP contribution in [0.1, 0.15) is 37.8 Å². The highest BCUT2D eigenvalue weighted by Crippen LogP contribution is 2.39. The zero-order valence-corrected chi connectivity index (χ0v) is 23.3. The van der Waals surface area contributed by atoms with E-state index in [4.69, 9.17) is 14.5 Å². The van der Waals surface area contributed by atoms with Crippen LogP contribution in [-0.2, 0) is 17.8 Å². The number of carbonyl (C=O) groups is 1. The number of rotatable bonds is 9. The summed E-state index contributed by atoms with van der Waals surface area (Å²) in [6, 6.07) is 23.6. The highest BCUT2D eigenvalue weighted by molar-refractivity contribution is 5.88. The molecule has 8 heteroatoms. The van der Waals surface area contributed by atoms with Crippen LogP contribution in [0.3, 0.4) is 0 Å². The molecule has 1 saturated heterocycles. The van der Waals surface area contributed by atoms with Gasteiger partial charge in [-0.3, -0.25) is 4.79 Å². The second kappa shape index (κ2) is 11.8. The normalized spacial score (nSPS) is 14.8. The van der Waals surface area contributed by atoms with Gasteiger partial charge in [-0.25, -0.2) is 4.98 Å². The monoisotopic (exact) mass is 540 g/mol. The Morgan fingerprint density at radius 2 is 1.62 bits per heavy atom. The average molecular weight is 541 g/mol. The summed E-state index contributed by atoms with van der Waals surface area (Å²) in [5.41, 5.74) is 2.22. The van der Waals surface area contributed by atoms with E-state index in [9.17, 15) is 9.90 Å². The van der Waals surface area contributed by atoms with Crippen LogP contribution < -0.4 is 19.7 Å². The van der Waals surface area contributed by atoms with Gasteiger partial charge in [0.15, 0.2) is 11.5 Å². The first kappa shape index (κ1) is 27.2. The number of hydrogen-bond acceptors (Lipinski definition) is 7. The van der Waals surface area contributed by atoms with Crippen LogP contribution in [0, 0.1) is 5.41 Å². The van der Waals surface area contributed by atoms with Crippen LogP contribution in [0.25, 0.3) is 10.9 Å². The first-order valence-electron chi connectivity index (χ1n) is 13.7. The number of ether oxygens (including phenoxy) is 2. The predicted octanol–water partition coefficient (Wildman–Crippen LogP) is 5.28. The molecule has 0 bridgehead atoms. The lowest BCUT2D eigenvalue weighted by atomic mass is 9.73. The van der Waals surface area contributed by atoms with Gasteiger partial charge in [0.1, 0.15) is 0 Å². The lowest BCUT2D eigenvalue weighted by molar-refractivity contribution is -0.132. The number of piperidine rings is 1. The number of aromatic nitrogens is 2. The SMILES string of the molecule is COc1cc2nc(N3CCC(Cc4ccccc4)(C(=O)NCc4ccccc4)CC3)nc(O)c2cc1OC(C)C. The molecule has 40 heavy (non-hydrogen) atoms. The zero-order valence-electron chi connectivity index (χ0n) is 23.3. The Labute approximate surface area is 235 Å². The van der Waals surface area contributed by atoms with Gasteiger partial charge in [0.05, 0.1) is 29.5 Å². The molecule has 0 radical (unpaired) electrons. The van der Waals surface area contributed by atoms with Crippen molar-refractivity contribution >= 4 is 22.8 Å². The molecule has 0 unspecified atom stereocenters. The molecule has 8 nitrogen and oxygen atoms in total. The number of nitrogens with zero attached hydrogens (tertiary/aromatic N) is 3. The van der Waals surface area contributed by atoms with Crippen molar-refractivity contribution in [1.29, 1.82) is 0 Å². The molecule has 3 aromatic carbocycles. The van der Waals surface area contributed by atoms with E-state index in [2.05, 4.69) is 22.4 Å². The minimum Gasteiger partial charge on any atom is -0.493 e. The van der Waals surface area contributed by atoms with Gasteiger partial charge in [-0.15, -0.1) is 0 Å². The molecule has 1 fully saturated rings. The van der Waals surface area contributed by atoms with Crippen LogP contribution in [0.15, 0.2) is 72.8 Å². The van der Waals surface area contributed by atoms with Crippen LogP contribution in [0.5, 0.6) is 17.4 Å². The van der Waals surface area contributed by atoms with Crippen molar-refractivity contribution in [3.63, 3.8) is 0 Å². The van der Waals surface area contributed by atoms with E-state index in [0.717, 1.165) is 11.1 Å². The zero-order chi connectivity index (χ0) is 28.1. The Morgan fingerprint density at radius 1 is 0.975 bits per heavy atom. The number of aromatic hydroxyl groups is 1. The van der Waals surface area contributed by atoms with E-state index in [1.165, 1.54) is 0 Å². The lowest BCUT2D eigenvalue weighted by Crippen LogP contribution is -2.50. The Morgan fingerprint density at radius 3 is 2.25 bits per heavy atom. The molecule has 5 rings (SSSR count). The minimum absolute atomic E-state index is 0.0527. The molecule has 0 atom stereocenters. The number of benzene rings is 3. The van der Waals surface area contributed by atoms with Gasteiger partial charge in [0.25, 0.3) is 0 Å². The summed E-state index contributed by atoms with van der Waals surface area (Å²) in [7, 11) is 1.58.